The molecular formula is C14H26ClNO. The lowest BCUT2D eigenvalue weighted by atomic mass is 9.86. The van der Waals surface area contributed by atoms with Crippen molar-refractivity contribution in [3.05, 3.63) is 0 Å². The number of carbonyl (C=O) groups is 1. The first-order valence-electron chi connectivity index (χ1n) is 7.07. The van der Waals surface area contributed by atoms with Crippen molar-refractivity contribution in [1.82, 2.24) is 5.32 Å². The number of amides is 1. The van der Waals surface area contributed by atoms with E-state index < -0.39 is 0 Å². The number of hydrogen-bond acceptors (Lipinski definition) is 1. The number of hydrogen-bond donors (Lipinski definition) is 1. The molecule has 1 N–H and O–H groups in total. The zero-order chi connectivity index (χ0) is 12.5. The van der Waals surface area contributed by atoms with Gasteiger partial charge in [-0.2, -0.15) is 0 Å². The Kier molecular flexibility index (Phi) is 7.67. The topological polar surface area (TPSA) is 29.1 Å². The van der Waals surface area contributed by atoms with Crippen LogP contribution in [-0.4, -0.2) is 17.8 Å². The molecule has 1 aliphatic rings. The van der Waals surface area contributed by atoms with Crippen molar-refractivity contribution in [2.75, 3.05) is 5.88 Å². The molecule has 0 bridgehead atoms. The minimum absolute atomic E-state index is 0.220. The van der Waals surface area contributed by atoms with Crippen LogP contribution in [0.1, 0.15) is 64.7 Å². The summed E-state index contributed by atoms with van der Waals surface area (Å²) < 4.78 is 0. The molecular weight excluding hydrogens is 234 g/mol. The average Bonchev–Trinajstić information content (AvgIpc) is 2.35. The van der Waals surface area contributed by atoms with Gasteiger partial charge in [0.1, 0.15) is 0 Å². The van der Waals surface area contributed by atoms with Gasteiger partial charge in [0.05, 0.1) is 0 Å². The Morgan fingerprint density at radius 1 is 1.35 bits per heavy atom. The molecule has 1 saturated carbocycles. The molecule has 0 aromatic heterocycles. The molecule has 0 aliphatic heterocycles. The van der Waals surface area contributed by atoms with E-state index in [-0.39, 0.29) is 11.9 Å². The summed E-state index contributed by atoms with van der Waals surface area (Å²) in [6.07, 6.45) is 10.5. The Morgan fingerprint density at radius 3 is 2.71 bits per heavy atom. The van der Waals surface area contributed by atoms with Gasteiger partial charge in [-0.15, -0.1) is 11.6 Å². The predicted octanol–water partition coefficient (Wildman–Crippen LogP) is 3.87. The van der Waals surface area contributed by atoms with Crippen LogP contribution < -0.4 is 5.32 Å². The van der Waals surface area contributed by atoms with E-state index in [2.05, 4.69) is 12.2 Å². The second-order valence-electron chi connectivity index (χ2n) is 5.34. The maximum absolute atomic E-state index is 11.7. The van der Waals surface area contributed by atoms with Gasteiger partial charge in [-0.1, -0.05) is 32.1 Å². The zero-order valence-electron chi connectivity index (χ0n) is 11.0. The Labute approximate surface area is 110 Å². The highest BCUT2D eigenvalue weighted by Gasteiger charge is 2.15. The molecule has 0 radical (unpaired) electrons. The number of rotatable bonds is 7. The van der Waals surface area contributed by atoms with Gasteiger partial charge >= 0.3 is 0 Å². The highest BCUT2D eigenvalue weighted by molar-refractivity contribution is 6.17. The molecule has 1 fully saturated rings. The SMILES string of the molecule is CC(CCCCl)NC(=O)CCC1CCCCC1. The summed E-state index contributed by atoms with van der Waals surface area (Å²) in [7, 11) is 0. The fourth-order valence-electron chi connectivity index (χ4n) is 2.61. The summed E-state index contributed by atoms with van der Waals surface area (Å²) in [5.74, 6) is 1.70. The van der Waals surface area contributed by atoms with E-state index >= 15 is 0 Å². The summed E-state index contributed by atoms with van der Waals surface area (Å²) in [6, 6.07) is 0.271. The van der Waals surface area contributed by atoms with E-state index in [1.807, 2.05) is 0 Å². The molecule has 1 aliphatic carbocycles. The molecule has 0 heterocycles. The monoisotopic (exact) mass is 259 g/mol. The molecule has 0 saturated heterocycles. The minimum atomic E-state index is 0.220. The van der Waals surface area contributed by atoms with Crippen molar-refractivity contribution in [3.8, 4) is 0 Å². The summed E-state index contributed by atoms with van der Waals surface area (Å²) in [6.45, 7) is 2.06. The highest BCUT2D eigenvalue weighted by atomic mass is 35.5. The molecule has 1 amide bonds. The van der Waals surface area contributed by atoms with Crippen LogP contribution in [0.2, 0.25) is 0 Å². The van der Waals surface area contributed by atoms with Crippen molar-refractivity contribution in [2.24, 2.45) is 5.92 Å². The van der Waals surface area contributed by atoms with Crippen LogP contribution in [0.15, 0.2) is 0 Å². The second-order valence-corrected chi connectivity index (χ2v) is 5.72. The van der Waals surface area contributed by atoms with Crippen molar-refractivity contribution < 1.29 is 4.79 Å². The molecule has 1 atom stereocenters. The summed E-state index contributed by atoms with van der Waals surface area (Å²) in [4.78, 5) is 11.7. The third kappa shape index (κ3) is 6.92. The largest absolute Gasteiger partial charge is 0.354 e. The molecule has 100 valence electrons. The van der Waals surface area contributed by atoms with Gasteiger partial charge in [-0.25, -0.2) is 0 Å². The third-order valence-electron chi connectivity index (χ3n) is 3.68. The maximum Gasteiger partial charge on any atom is 0.220 e. The fourth-order valence-corrected chi connectivity index (χ4v) is 2.77. The van der Waals surface area contributed by atoms with Gasteiger partial charge < -0.3 is 5.32 Å². The lowest BCUT2D eigenvalue weighted by molar-refractivity contribution is -0.122. The van der Waals surface area contributed by atoms with E-state index in [1.54, 1.807) is 0 Å². The van der Waals surface area contributed by atoms with Crippen LogP contribution in [0, 0.1) is 5.92 Å². The maximum atomic E-state index is 11.7. The first kappa shape index (κ1) is 14.8. The second kappa shape index (κ2) is 8.79. The first-order valence-corrected chi connectivity index (χ1v) is 7.61. The van der Waals surface area contributed by atoms with Crippen LogP contribution in [0.3, 0.4) is 0 Å². The lowest BCUT2D eigenvalue weighted by Gasteiger charge is -2.21. The van der Waals surface area contributed by atoms with E-state index in [4.69, 9.17) is 11.6 Å². The van der Waals surface area contributed by atoms with Crippen molar-refractivity contribution in [1.29, 1.82) is 0 Å². The van der Waals surface area contributed by atoms with E-state index in [0.29, 0.717) is 12.3 Å². The van der Waals surface area contributed by atoms with E-state index in [9.17, 15) is 4.79 Å². The highest BCUT2D eigenvalue weighted by Crippen LogP contribution is 2.27. The smallest absolute Gasteiger partial charge is 0.220 e. The minimum Gasteiger partial charge on any atom is -0.354 e. The quantitative estimate of drug-likeness (QED) is 0.691. The third-order valence-corrected chi connectivity index (χ3v) is 3.95. The fraction of sp³-hybridized carbons (Fsp3) is 0.929. The van der Waals surface area contributed by atoms with Crippen LogP contribution in [0.4, 0.5) is 0 Å². The van der Waals surface area contributed by atoms with Gasteiger partial charge in [-0.05, 0) is 32.1 Å². The first-order chi connectivity index (χ1) is 8.22. The van der Waals surface area contributed by atoms with Gasteiger partial charge in [0.2, 0.25) is 5.91 Å². The van der Waals surface area contributed by atoms with Crippen molar-refractivity contribution in [2.45, 2.75) is 70.8 Å². The number of carbonyl (C=O) groups excluding carboxylic acids is 1. The average molecular weight is 260 g/mol. The predicted molar refractivity (Wildman–Crippen MR) is 73.4 cm³/mol. The number of halogens is 1. The Hall–Kier alpha value is -0.240. The molecule has 1 rings (SSSR count). The van der Waals surface area contributed by atoms with E-state index in [1.165, 1.54) is 32.1 Å². The van der Waals surface area contributed by atoms with Crippen LogP contribution >= 0.6 is 11.6 Å². The number of alkyl halides is 1. The Morgan fingerprint density at radius 2 is 2.06 bits per heavy atom. The Bertz CT molecular complexity index is 214. The molecule has 1 unspecified atom stereocenters. The van der Waals surface area contributed by atoms with Crippen LogP contribution in [-0.2, 0) is 4.79 Å². The summed E-state index contributed by atoms with van der Waals surface area (Å²) in [5, 5.41) is 3.06. The standard InChI is InChI=1S/C14H26ClNO/c1-12(6-5-11-15)16-14(17)10-9-13-7-3-2-4-8-13/h12-13H,2-11H2,1H3,(H,16,17). The van der Waals surface area contributed by atoms with Gasteiger partial charge in [0, 0.05) is 18.3 Å². The molecule has 3 heteroatoms. The van der Waals surface area contributed by atoms with E-state index in [0.717, 1.165) is 25.2 Å². The van der Waals surface area contributed by atoms with Gasteiger partial charge in [0.25, 0.3) is 0 Å². The summed E-state index contributed by atoms with van der Waals surface area (Å²) in [5.41, 5.74) is 0. The molecule has 2 nitrogen and oxygen atoms in total. The normalized spacial score (nSPS) is 18.9. The molecule has 0 spiro atoms. The number of nitrogens with one attached hydrogen (secondary N) is 1. The molecule has 0 aromatic carbocycles. The Balaban J connectivity index is 2.07. The van der Waals surface area contributed by atoms with Gasteiger partial charge in [-0.3, -0.25) is 4.79 Å². The lowest BCUT2D eigenvalue weighted by Crippen LogP contribution is -2.32. The van der Waals surface area contributed by atoms with Gasteiger partial charge in [0.15, 0.2) is 0 Å². The molecule has 17 heavy (non-hydrogen) atoms. The van der Waals surface area contributed by atoms with Crippen LogP contribution in [0.5, 0.6) is 0 Å². The summed E-state index contributed by atoms with van der Waals surface area (Å²) >= 11 is 5.63. The van der Waals surface area contributed by atoms with Crippen molar-refractivity contribution in [3.63, 3.8) is 0 Å². The van der Waals surface area contributed by atoms with Crippen molar-refractivity contribution >= 4 is 17.5 Å². The van der Waals surface area contributed by atoms with Crippen LogP contribution in [0.25, 0.3) is 0 Å². The molecule has 0 aromatic rings. The zero-order valence-corrected chi connectivity index (χ0v) is 11.8.